The highest BCUT2D eigenvalue weighted by atomic mass is 19.1. The van der Waals surface area contributed by atoms with Crippen molar-refractivity contribution >= 4 is 0 Å². The fourth-order valence-corrected chi connectivity index (χ4v) is 0.259. The third-order valence-electron chi connectivity index (χ3n) is 0.543. The van der Waals surface area contributed by atoms with Crippen molar-refractivity contribution in [1.82, 2.24) is 5.32 Å². The van der Waals surface area contributed by atoms with Crippen LogP contribution in [0.4, 0.5) is 8.78 Å². The Kier molecular flexibility index (Phi) is 5.67. The Hall–Kier alpha value is -0.180. The third kappa shape index (κ3) is 5.82. The lowest BCUT2D eigenvalue weighted by atomic mass is 10.6. The van der Waals surface area contributed by atoms with E-state index >= 15 is 0 Å². The number of alkyl halides is 2. The first-order valence-electron chi connectivity index (χ1n) is 2.24. The summed E-state index contributed by atoms with van der Waals surface area (Å²) in [6.45, 7) is -0.298. The van der Waals surface area contributed by atoms with Gasteiger partial charge in [0.05, 0.1) is 0 Å². The molecule has 0 heterocycles. The lowest BCUT2D eigenvalue weighted by Crippen LogP contribution is -2.18. The summed E-state index contributed by atoms with van der Waals surface area (Å²) in [5.41, 5.74) is 0. The van der Waals surface area contributed by atoms with E-state index in [9.17, 15) is 8.78 Å². The van der Waals surface area contributed by atoms with Crippen LogP contribution in [0.5, 0.6) is 0 Å². The molecule has 0 atom stereocenters. The fourth-order valence-electron chi connectivity index (χ4n) is 0.259. The van der Waals surface area contributed by atoms with Crippen LogP contribution in [0.3, 0.4) is 0 Å². The summed E-state index contributed by atoms with van der Waals surface area (Å²) in [6, 6.07) is 0. The molecule has 0 aliphatic carbocycles. The van der Waals surface area contributed by atoms with E-state index in [1.54, 1.807) is 0 Å². The molecule has 0 aliphatic heterocycles. The molecule has 0 spiro atoms. The van der Waals surface area contributed by atoms with Crippen molar-refractivity contribution in [2.75, 3.05) is 26.4 Å². The summed E-state index contributed by atoms with van der Waals surface area (Å²) in [7, 11) is 0. The van der Waals surface area contributed by atoms with Gasteiger partial charge < -0.3 is 5.32 Å². The fraction of sp³-hybridized carbons (Fsp3) is 1.00. The van der Waals surface area contributed by atoms with Gasteiger partial charge in [-0.1, -0.05) is 0 Å². The first-order valence-corrected chi connectivity index (χ1v) is 2.24. The molecule has 0 aromatic rings. The van der Waals surface area contributed by atoms with Crippen LogP contribution < -0.4 is 5.32 Å². The van der Waals surface area contributed by atoms with Gasteiger partial charge in [0.25, 0.3) is 0 Å². The van der Waals surface area contributed by atoms with Crippen molar-refractivity contribution in [3.8, 4) is 0 Å². The van der Waals surface area contributed by atoms with Crippen molar-refractivity contribution in [3.63, 3.8) is 0 Å². The highest BCUT2D eigenvalue weighted by Gasteiger charge is 1.80. The molecule has 7 heavy (non-hydrogen) atoms. The van der Waals surface area contributed by atoms with Crippen LogP contribution in [0.2, 0.25) is 0 Å². The molecule has 0 bridgehead atoms. The largest absolute Gasteiger partial charge is 0.312 e. The Morgan fingerprint density at radius 1 is 1.00 bits per heavy atom. The molecular formula is C4H9F2N. The second-order valence-corrected chi connectivity index (χ2v) is 1.13. The molecule has 0 radical (unpaired) electrons. The van der Waals surface area contributed by atoms with E-state index in [4.69, 9.17) is 0 Å². The number of hydrogen-bond donors (Lipinski definition) is 1. The molecule has 0 unspecified atom stereocenters. The van der Waals surface area contributed by atoms with E-state index in [1.807, 2.05) is 0 Å². The predicted molar refractivity (Wildman–Crippen MR) is 24.8 cm³/mol. The SMILES string of the molecule is FCCNCCF. The van der Waals surface area contributed by atoms with Crippen molar-refractivity contribution in [2.24, 2.45) is 0 Å². The molecular weight excluding hydrogens is 100 g/mol. The molecule has 1 nitrogen and oxygen atoms in total. The van der Waals surface area contributed by atoms with Crippen LogP contribution in [-0.4, -0.2) is 26.4 Å². The van der Waals surface area contributed by atoms with E-state index in [0.717, 1.165) is 0 Å². The Morgan fingerprint density at radius 2 is 1.43 bits per heavy atom. The highest BCUT2D eigenvalue weighted by Crippen LogP contribution is 1.64. The minimum absolute atomic E-state index is 0.268. The Morgan fingerprint density at radius 3 is 1.71 bits per heavy atom. The zero-order valence-corrected chi connectivity index (χ0v) is 4.08. The molecule has 0 aliphatic rings. The standard InChI is InChI=1S/C4H9F2N/c5-1-3-7-4-2-6/h7H,1-4H2. The maximum Gasteiger partial charge on any atom is 0.102 e. The highest BCUT2D eigenvalue weighted by molar-refractivity contribution is 4.40. The average molecular weight is 109 g/mol. The molecule has 0 rings (SSSR count). The molecule has 0 amide bonds. The molecule has 0 aromatic heterocycles. The lowest BCUT2D eigenvalue weighted by Gasteiger charge is -1.92. The second-order valence-electron chi connectivity index (χ2n) is 1.13. The smallest absolute Gasteiger partial charge is 0.102 e. The van der Waals surface area contributed by atoms with Crippen molar-refractivity contribution < 1.29 is 8.78 Å². The molecule has 0 fully saturated rings. The van der Waals surface area contributed by atoms with Crippen LogP contribution in [0, 0.1) is 0 Å². The second kappa shape index (κ2) is 5.82. The van der Waals surface area contributed by atoms with Crippen LogP contribution in [0.1, 0.15) is 0 Å². The molecule has 3 heteroatoms. The zero-order chi connectivity index (χ0) is 5.54. The summed E-state index contributed by atoms with van der Waals surface area (Å²) < 4.78 is 22.3. The lowest BCUT2D eigenvalue weighted by molar-refractivity contribution is 0.430. The minimum Gasteiger partial charge on any atom is -0.312 e. The molecule has 0 aromatic carbocycles. The van der Waals surface area contributed by atoms with Gasteiger partial charge in [-0.25, -0.2) is 8.78 Å². The summed E-state index contributed by atoms with van der Waals surface area (Å²) in [5, 5.41) is 2.53. The predicted octanol–water partition coefficient (Wildman–Crippen LogP) is 0.515. The normalized spacial score (nSPS) is 9.43. The number of nitrogens with one attached hydrogen (secondary N) is 1. The maximum atomic E-state index is 11.1. The number of rotatable bonds is 4. The molecule has 0 saturated carbocycles. The molecule has 44 valence electrons. The van der Waals surface area contributed by atoms with Gasteiger partial charge in [-0.2, -0.15) is 0 Å². The quantitative estimate of drug-likeness (QED) is 0.519. The van der Waals surface area contributed by atoms with Crippen molar-refractivity contribution in [2.45, 2.75) is 0 Å². The minimum atomic E-state index is -0.417. The van der Waals surface area contributed by atoms with Gasteiger partial charge in [-0.15, -0.1) is 0 Å². The zero-order valence-electron chi connectivity index (χ0n) is 4.08. The Labute approximate surface area is 41.7 Å². The van der Waals surface area contributed by atoms with Crippen LogP contribution in [0.25, 0.3) is 0 Å². The number of halogens is 2. The summed E-state index contributed by atoms with van der Waals surface area (Å²) in [4.78, 5) is 0. The van der Waals surface area contributed by atoms with Gasteiger partial charge >= 0.3 is 0 Å². The van der Waals surface area contributed by atoms with Gasteiger partial charge in [0.15, 0.2) is 0 Å². The Balaban J connectivity index is 2.45. The van der Waals surface area contributed by atoms with E-state index in [-0.39, 0.29) is 13.1 Å². The first-order chi connectivity index (χ1) is 3.41. The van der Waals surface area contributed by atoms with Crippen molar-refractivity contribution in [1.29, 1.82) is 0 Å². The van der Waals surface area contributed by atoms with E-state index < -0.39 is 13.3 Å². The van der Waals surface area contributed by atoms with Crippen LogP contribution in [0.15, 0.2) is 0 Å². The summed E-state index contributed by atoms with van der Waals surface area (Å²) >= 11 is 0. The summed E-state index contributed by atoms with van der Waals surface area (Å²) in [6.07, 6.45) is 0. The van der Waals surface area contributed by atoms with E-state index in [1.165, 1.54) is 0 Å². The average Bonchev–Trinajstić information content (AvgIpc) is 1.69. The van der Waals surface area contributed by atoms with Gasteiger partial charge in [-0.3, -0.25) is 0 Å². The van der Waals surface area contributed by atoms with Gasteiger partial charge in [0.2, 0.25) is 0 Å². The third-order valence-corrected chi connectivity index (χ3v) is 0.543. The number of hydrogen-bond acceptors (Lipinski definition) is 1. The van der Waals surface area contributed by atoms with Crippen LogP contribution >= 0.6 is 0 Å². The van der Waals surface area contributed by atoms with Gasteiger partial charge in [0.1, 0.15) is 13.3 Å². The Bertz CT molecular complexity index is 28.9. The molecule has 1 N–H and O–H groups in total. The molecule has 0 saturated heterocycles. The van der Waals surface area contributed by atoms with E-state index in [0.29, 0.717) is 0 Å². The van der Waals surface area contributed by atoms with Crippen molar-refractivity contribution in [3.05, 3.63) is 0 Å². The monoisotopic (exact) mass is 109 g/mol. The van der Waals surface area contributed by atoms with Gasteiger partial charge in [0, 0.05) is 13.1 Å². The topological polar surface area (TPSA) is 12.0 Å². The van der Waals surface area contributed by atoms with Gasteiger partial charge in [-0.05, 0) is 0 Å². The first kappa shape index (κ1) is 6.82. The van der Waals surface area contributed by atoms with E-state index in [2.05, 4.69) is 5.32 Å². The van der Waals surface area contributed by atoms with Crippen LogP contribution in [-0.2, 0) is 0 Å². The summed E-state index contributed by atoms with van der Waals surface area (Å²) in [5.74, 6) is 0. The maximum absolute atomic E-state index is 11.1.